The average molecular weight is 306 g/mol. The minimum absolute atomic E-state index is 0.0767. The van der Waals surface area contributed by atoms with Crippen molar-refractivity contribution in [2.24, 2.45) is 11.3 Å². The number of rotatable bonds is 8. The van der Waals surface area contributed by atoms with Gasteiger partial charge in [-0.05, 0) is 24.8 Å². The molecule has 0 fully saturated rings. The minimum Gasteiger partial charge on any atom is -0.477 e. The monoisotopic (exact) mass is 306 g/mol. The number of carboxylic acid groups (broad SMARTS) is 2. The summed E-state index contributed by atoms with van der Waals surface area (Å²) in [7, 11) is 0. The molecule has 0 radical (unpaired) electrons. The normalized spacial score (nSPS) is 23.3. The van der Waals surface area contributed by atoms with E-state index in [1.165, 1.54) is 0 Å². The molecule has 0 spiro atoms. The fourth-order valence-electron chi connectivity index (χ4n) is 3.24. The van der Waals surface area contributed by atoms with E-state index in [2.05, 4.69) is 6.92 Å². The summed E-state index contributed by atoms with van der Waals surface area (Å²) < 4.78 is 0. The first-order valence-corrected chi connectivity index (χ1v) is 7.90. The molecule has 0 aromatic carbocycles. The van der Waals surface area contributed by atoms with Gasteiger partial charge in [-0.1, -0.05) is 63.8 Å². The predicted molar refractivity (Wildman–Crippen MR) is 86.6 cm³/mol. The van der Waals surface area contributed by atoms with Crippen LogP contribution >= 0.6 is 0 Å². The molecular weight excluding hydrogens is 280 g/mol. The highest BCUT2D eigenvalue weighted by molar-refractivity contribution is 6.13. The number of carboxylic acids is 2. The summed E-state index contributed by atoms with van der Waals surface area (Å²) in [5, 5.41) is 18.5. The third kappa shape index (κ3) is 3.87. The zero-order chi connectivity index (χ0) is 16.8. The van der Waals surface area contributed by atoms with E-state index >= 15 is 0 Å². The van der Waals surface area contributed by atoms with Gasteiger partial charge in [0.15, 0.2) is 0 Å². The third-order valence-electron chi connectivity index (χ3n) is 4.66. The maximum atomic E-state index is 11.4. The predicted octanol–water partition coefficient (Wildman–Crippen LogP) is 4.19. The van der Waals surface area contributed by atoms with Gasteiger partial charge in [-0.25, -0.2) is 9.59 Å². The molecule has 0 aromatic rings. The SMILES string of the molecule is CCCCCCC1(C(C)=C(C(=O)O)C(=O)O)C=CC=CC1C. The van der Waals surface area contributed by atoms with Crippen molar-refractivity contribution in [3.8, 4) is 0 Å². The highest BCUT2D eigenvalue weighted by Crippen LogP contribution is 2.46. The van der Waals surface area contributed by atoms with Gasteiger partial charge in [0.05, 0.1) is 0 Å². The molecule has 2 atom stereocenters. The molecule has 0 aliphatic heterocycles. The maximum absolute atomic E-state index is 11.4. The smallest absolute Gasteiger partial charge is 0.343 e. The van der Waals surface area contributed by atoms with Crippen molar-refractivity contribution in [3.05, 3.63) is 35.5 Å². The number of unbranched alkanes of at least 4 members (excludes halogenated alkanes) is 3. The van der Waals surface area contributed by atoms with Crippen molar-refractivity contribution in [1.29, 1.82) is 0 Å². The molecule has 0 saturated heterocycles. The molecular formula is C18H26O4. The summed E-state index contributed by atoms with van der Waals surface area (Å²) >= 11 is 0. The Kier molecular flexibility index (Phi) is 6.60. The average Bonchev–Trinajstić information content (AvgIpc) is 2.44. The van der Waals surface area contributed by atoms with Crippen LogP contribution in [0, 0.1) is 11.3 Å². The highest BCUT2D eigenvalue weighted by atomic mass is 16.4. The van der Waals surface area contributed by atoms with Gasteiger partial charge in [-0.2, -0.15) is 0 Å². The number of hydrogen-bond donors (Lipinski definition) is 2. The van der Waals surface area contributed by atoms with Crippen molar-refractivity contribution in [2.45, 2.75) is 52.9 Å². The molecule has 2 unspecified atom stereocenters. The van der Waals surface area contributed by atoms with E-state index in [4.69, 9.17) is 0 Å². The summed E-state index contributed by atoms with van der Waals surface area (Å²) in [6, 6.07) is 0. The van der Waals surface area contributed by atoms with Crippen LogP contribution in [0.25, 0.3) is 0 Å². The largest absolute Gasteiger partial charge is 0.477 e. The maximum Gasteiger partial charge on any atom is 0.343 e. The molecule has 4 nitrogen and oxygen atoms in total. The zero-order valence-electron chi connectivity index (χ0n) is 13.6. The van der Waals surface area contributed by atoms with Crippen LogP contribution in [0.4, 0.5) is 0 Å². The number of aliphatic carboxylic acids is 2. The Morgan fingerprint density at radius 1 is 1.09 bits per heavy atom. The molecule has 22 heavy (non-hydrogen) atoms. The second-order valence-electron chi connectivity index (χ2n) is 5.99. The summed E-state index contributed by atoms with van der Waals surface area (Å²) in [6.07, 6.45) is 12.9. The molecule has 1 aliphatic rings. The van der Waals surface area contributed by atoms with Crippen LogP contribution in [0.5, 0.6) is 0 Å². The van der Waals surface area contributed by atoms with Crippen LogP contribution in [0.3, 0.4) is 0 Å². The molecule has 0 saturated carbocycles. The summed E-state index contributed by atoms with van der Waals surface area (Å²) in [5.74, 6) is -2.66. The fraction of sp³-hybridized carbons (Fsp3) is 0.556. The Morgan fingerprint density at radius 2 is 1.73 bits per heavy atom. The van der Waals surface area contributed by atoms with Crippen molar-refractivity contribution in [2.75, 3.05) is 0 Å². The Morgan fingerprint density at radius 3 is 2.23 bits per heavy atom. The highest BCUT2D eigenvalue weighted by Gasteiger charge is 2.39. The lowest BCUT2D eigenvalue weighted by Gasteiger charge is -2.39. The summed E-state index contributed by atoms with van der Waals surface area (Å²) in [6.45, 7) is 5.81. The Balaban J connectivity index is 3.23. The van der Waals surface area contributed by atoms with Crippen molar-refractivity contribution in [1.82, 2.24) is 0 Å². The van der Waals surface area contributed by atoms with E-state index in [0.29, 0.717) is 5.57 Å². The molecule has 1 aliphatic carbocycles. The first kappa shape index (κ1) is 18.2. The molecule has 122 valence electrons. The first-order valence-electron chi connectivity index (χ1n) is 7.90. The lowest BCUT2D eigenvalue weighted by molar-refractivity contribution is -0.140. The van der Waals surface area contributed by atoms with E-state index in [1.54, 1.807) is 6.92 Å². The minimum atomic E-state index is -1.37. The van der Waals surface area contributed by atoms with E-state index in [1.807, 2.05) is 31.2 Å². The first-order chi connectivity index (χ1) is 10.4. The van der Waals surface area contributed by atoms with E-state index in [-0.39, 0.29) is 5.92 Å². The Hall–Kier alpha value is -1.84. The lowest BCUT2D eigenvalue weighted by Crippen LogP contribution is -2.32. The zero-order valence-corrected chi connectivity index (χ0v) is 13.6. The van der Waals surface area contributed by atoms with Gasteiger partial charge in [0.25, 0.3) is 0 Å². The molecule has 1 rings (SSSR count). The van der Waals surface area contributed by atoms with Gasteiger partial charge < -0.3 is 10.2 Å². The van der Waals surface area contributed by atoms with Crippen LogP contribution in [0.1, 0.15) is 52.9 Å². The molecule has 4 heteroatoms. The van der Waals surface area contributed by atoms with Crippen LogP contribution in [-0.4, -0.2) is 22.2 Å². The molecule has 2 N–H and O–H groups in total. The number of hydrogen-bond acceptors (Lipinski definition) is 2. The molecule has 0 heterocycles. The van der Waals surface area contributed by atoms with Gasteiger partial charge in [-0.15, -0.1) is 0 Å². The molecule has 0 bridgehead atoms. The van der Waals surface area contributed by atoms with Crippen LogP contribution < -0.4 is 0 Å². The van der Waals surface area contributed by atoms with Gasteiger partial charge in [0.1, 0.15) is 5.57 Å². The van der Waals surface area contributed by atoms with Crippen LogP contribution in [0.2, 0.25) is 0 Å². The quantitative estimate of drug-likeness (QED) is 0.305. The van der Waals surface area contributed by atoms with Crippen LogP contribution in [0.15, 0.2) is 35.5 Å². The Bertz CT molecular complexity index is 497. The Labute approximate surface area is 132 Å². The molecule has 0 aromatic heterocycles. The van der Waals surface area contributed by atoms with Gasteiger partial charge in [0.2, 0.25) is 0 Å². The van der Waals surface area contributed by atoms with E-state index in [0.717, 1.165) is 32.1 Å². The summed E-state index contributed by atoms with van der Waals surface area (Å²) in [5.41, 5.74) is -0.575. The second-order valence-corrected chi connectivity index (χ2v) is 5.99. The van der Waals surface area contributed by atoms with Crippen molar-refractivity contribution >= 4 is 11.9 Å². The van der Waals surface area contributed by atoms with E-state index < -0.39 is 22.9 Å². The van der Waals surface area contributed by atoms with Gasteiger partial charge in [-0.3, -0.25) is 0 Å². The fourth-order valence-corrected chi connectivity index (χ4v) is 3.24. The molecule has 0 amide bonds. The standard InChI is InChI=1S/C18H26O4/c1-4-5-6-8-11-18(12-9-7-10-13(18)2)14(3)15(16(19)20)17(21)22/h7,9-10,12-13H,4-6,8,11H2,1-3H3,(H,19,20)(H,21,22). The topological polar surface area (TPSA) is 74.6 Å². The number of carbonyl (C=O) groups is 2. The lowest BCUT2D eigenvalue weighted by atomic mass is 9.65. The van der Waals surface area contributed by atoms with Crippen molar-refractivity contribution < 1.29 is 19.8 Å². The summed E-state index contributed by atoms with van der Waals surface area (Å²) in [4.78, 5) is 22.7. The van der Waals surface area contributed by atoms with E-state index in [9.17, 15) is 19.8 Å². The third-order valence-corrected chi connectivity index (χ3v) is 4.66. The van der Waals surface area contributed by atoms with Crippen molar-refractivity contribution in [3.63, 3.8) is 0 Å². The number of allylic oxidation sites excluding steroid dienone is 5. The van der Waals surface area contributed by atoms with Gasteiger partial charge >= 0.3 is 11.9 Å². The second kappa shape index (κ2) is 7.97. The van der Waals surface area contributed by atoms with Gasteiger partial charge in [0, 0.05) is 5.41 Å². The van der Waals surface area contributed by atoms with Crippen LogP contribution in [-0.2, 0) is 9.59 Å².